The van der Waals surface area contributed by atoms with Gasteiger partial charge < -0.3 is 0 Å². The molecule has 1 fully saturated rings. The van der Waals surface area contributed by atoms with Crippen molar-refractivity contribution < 1.29 is 4.39 Å². The summed E-state index contributed by atoms with van der Waals surface area (Å²) in [4.78, 5) is 8.37. The van der Waals surface area contributed by atoms with E-state index in [9.17, 15) is 4.39 Å². The molecule has 0 spiro atoms. The fourth-order valence-electron chi connectivity index (χ4n) is 2.84. The van der Waals surface area contributed by atoms with Crippen LogP contribution in [-0.4, -0.2) is 9.97 Å². The largest absolute Gasteiger partial charge is 0.235 e. The zero-order chi connectivity index (χ0) is 13.1. The van der Waals surface area contributed by atoms with E-state index in [1.165, 1.54) is 25.7 Å². The van der Waals surface area contributed by atoms with E-state index in [2.05, 4.69) is 16.9 Å². The first kappa shape index (κ1) is 13.7. The summed E-state index contributed by atoms with van der Waals surface area (Å²) in [5, 5.41) is -0.0341. The molecule has 1 heterocycles. The molecule has 0 radical (unpaired) electrons. The van der Waals surface area contributed by atoms with Crippen molar-refractivity contribution in [3.8, 4) is 0 Å². The van der Waals surface area contributed by atoms with Crippen LogP contribution in [0.3, 0.4) is 0 Å². The zero-order valence-corrected chi connectivity index (χ0v) is 11.8. The number of nitrogens with zero attached hydrogens (tertiary/aromatic N) is 2. The van der Waals surface area contributed by atoms with Crippen LogP contribution in [0.25, 0.3) is 0 Å². The Hall–Kier alpha value is -0.700. The van der Waals surface area contributed by atoms with Crippen LogP contribution < -0.4 is 0 Å². The summed E-state index contributed by atoms with van der Waals surface area (Å²) in [5.74, 6) is 1.45. The summed E-state index contributed by atoms with van der Waals surface area (Å²) in [6.45, 7) is 3.88. The molecule has 1 aromatic rings. The van der Waals surface area contributed by atoms with Crippen molar-refractivity contribution in [2.75, 3.05) is 0 Å². The lowest BCUT2D eigenvalue weighted by molar-refractivity contribution is 0.301. The summed E-state index contributed by atoms with van der Waals surface area (Å²) in [6.07, 6.45) is 7.24. The van der Waals surface area contributed by atoms with Crippen LogP contribution in [0.4, 0.5) is 4.39 Å². The van der Waals surface area contributed by atoms with Gasteiger partial charge in [-0.3, -0.25) is 0 Å². The Balaban J connectivity index is 2.05. The molecule has 0 amide bonds. The molecule has 0 bridgehead atoms. The van der Waals surface area contributed by atoms with Crippen molar-refractivity contribution >= 4 is 11.6 Å². The molecule has 1 aliphatic rings. The van der Waals surface area contributed by atoms with Crippen LogP contribution in [0.5, 0.6) is 0 Å². The fourth-order valence-corrected chi connectivity index (χ4v) is 3.07. The van der Waals surface area contributed by atoms with Crippen molar-refractivity contribution in [3.05, 3.63) is 22.5 Å². The molecule has 100 valence electrons. The molecule has 0 saturated heterocycles. The van der Waals surface area contributed by atoms with E-state index in [-0.39, 0.29) is 5.15 Å². The highest BCUT2D eigenvalue weighted by Gasteiger charge is 2.25. The third-order valence-corrected chi connectivity index (χ3v) is 4.15. The molecule has 0 unspecified atom stereocenters. The monoisotopic (exact) mass is 270 g/mol. The first-order valence-electron chi connectivity index (χ1n) is 6.81. The first-order valence-corrected chi connectivity index (χ1v) is 7.19. The van der Waals surface area contributed by atoms with E-state index in [1.807, 2.05) is 0 Å². The molecule has 0 atom stereocenters. The molecule has 0 aliphatic heterocycles. The maximum absolute atomic E-state index is 13.4. The Morgan fingerprint density at radius 3 is 2.44 bits per heavy atom. The van der Waals surface area contributed by atoms with Gasteiger partial charge in [-0.15, -0.1) is 0 Å². The molecule has 18 heavy (non-hydrogen) atoms. The Morgan fingerprint density at radius 2 is 1.89 bits per heavy atom. The van der Waals surface area contributed by atoms with Crippen molar-refractivity contribution in [1.82, 2.24) is 9.97 Å². The third kappa shape index (κ3) is 3.00. The van der Waals surface area contributed by atoms with Crippen molar-refractivity contribution in [1.29, 1.82) is 0 Å². The molecule has 4 heteroatoms. The summed E-state index contributed by atoms with van der Waals surface area (Å²) < 4.78 is 13.4. The van der Waals surface area contributed by atoms with Crippen LogP contribution in [0.1, 0.15) is 62.9 Å². The minimum atomic E-state index is -0.486. The van der Waals surface area contributed by atoms with Crippen LogP contribution in [0.15, 0.2) is 0 Å². The van der Waals surface area contributed by atoms with Crippen LogP contribution in [0.2, 0.25) is 5.15 Å². The average Bonchev–Trinajstić information content (AvgIpc) is 2.37. The van der Waals surface area contributed by atoms with Crippen molar-refractivity contribution in [2.24, 2.45) is 5.92 Å². The van der Waals surface area contributed by atoms with Gasteiger partial charge in [0.2, 0.25) is 0 Å². The van der Waals surface area contributed by atoms with Gasteiger partial charge in [-0.25, -0.2) is 14.4 Å². The molecule has 0 N–H and O–H groups in total. The second kappa shape index (κ2) is 5.96. The van der Waals surface area contributed by atoms with Gasteiger partial charge in [0.25, 0.3) is 0 Å². The lowest BCUT2D eigenvalue weighted by atomic mass is 9.80. The Morgan fingerprint density at radius 1 is 1.22 bits per heavy atom. The topological polar surface area (TPSA) is 25.8 Å². The number of rotatable bonds is 3. The van der Waals surface area contributed by atoms with Crippen molar-refractivity contribution in [3.63, 3.8) is 0 Å². The molecule has 2 nitrogen and oxygen atoms in total. The summed E-state index contributed by atoms with van der Waals surface area (Å²) >= 11 is 5.79. The van der Waals surface area contributed by atoms with E-state index < -0.39 is 5.82 Å². The Labute approximate surface area is 113 Å². The quantitative estimate of drug-likeness (QED) is 0.747. The number of aromatic nitrogens is 2. The molecule has 1 saturated carbocycles. The maximum Gasteiger partial charge on any atom is 0.181 e. The van der Waals surface area contributed by atoms with E-state index in [0.29, 0.717) is 11.6 Å². The van der Waals surface area contributed by atoms with E-state index in [1.54, 1.807) is 6.92 Å². The predicted molar refractivity (Wildman–Crippen MR) is 71.3 cm³/mol. The first-order chi connectivity index (χ1) is 8.61. The van der Waals surface area contributed by atoms with E-state index >= 15 is 0 Å². The summed E-state index contributed by atoms with van der Waals surface area (Å²) in [6, 6.07) is 0. The maximum atomic E-state index is 13.4. The zero-order valence-electron chi connectivity index (χ0n) is 11.0. The van der Waals surface area contributed by atoms with Gasteiger partial charge in [-0.1, -0.05) is 31.4 Å². The summed E-state index contributed by atoms with van der Waals surface area (Å²) in [7, 11) is 0. The Bertz CT molecular complexity index is 391. The highest BCUT2D eigenvalue weighted by Crippen LogP contribution is 2.36. The molecular formula is C14H20ClFN2. The average molecular weight is 271 g/mol. The number of halogens is 2. The minimum Gasteiger partial charge on any atom is -0.235 e. The summed E-state index contributed by atoms with van der Waals surface area (Å²) in [5.41, 5.74) is 0.362. The van der Waals surface area contributed by atoms with Crippen LogP contribution in [0, 0.1) is 18.7 Å². The lowest BCUT2D eigenvalue weighted by Crippen LogP contribution is -2.16. The third-order valence-electron chi connectivity index (χ3n) is 3.90. The number of aryl methyl sites for hydroxylation is 1. The SMILES string of the molecule is CCCC1CCC(c2nc(C)c(F)c(Cl)n2)CC1. The second-order valence-corrected chi connectivity index (χ2v) is 5.64. The molecule has 0 aromatic carbocycles. The lowest BCUT2D eigenvalue weighted by Gasteiger charge is -2.27. The van der Waals surface area contributed by atoms with Gasteiger partial charge >= 0.3 is 0 Å². The standard InChI is InChI=1S/C14H20ClFN2/c1-3-4-10-5-7-11(8-6-10)14-17-9(2)12(16)13(15)18-14/h10-11H,3-8H2,1-2H3. The van der Waals surface area contributed by atoms with Gasteiger partial charge in [0.15, 0.2) is 11.0 Å². The van der Waals surface area contributed by atoms with Crippen LogP contribution in [-0.2, 0) is 0 Å². The Kier molecular flexibility index (Phi) is 4.55. The fraction of sp³-hybridized carbons (Fsp3) is 0.714. The number of hydrogen-bond donors (Lipinski definition) is 0. The highest BCUT2D eigenvalue weighted by molar-refractivity contribution is 6.29. The smallest absolute Gasteiger partial charge is 0.181 e. The highest BCUT2D eigenvalue weighted by atomic mass is 35.5. The normalized spacial score (nSPS) is 24.2. The minimum absolute atomic E-state index is 0.0341. The number of hydrogen-bond acceptors (Lipinski definition) is 2. The van der Waals surface area contributed by atoms with E-state index in [0.717, 1.165) is 24.6 Å². The van der Waals surface area contributed by atoms with Gasteiger partial charge in [-0.2, -0.15) is 0 Å². The second-order valence-electron chi connectivity index (χ2n) is 5.28. The van der Waals surface area contributed by atoms with Gasteiger partial charge in [-0.05, 0) is 38.5 Å². The van der Waals surface area contributed by atoms with Gasteiger partial charge in [0.1, 0.15) is 5.82 Å². The van der Waals surface area contributed by atoms with Gasteiger partial charge in [0.05, 0.1) is 5.69 Å². The van der Waals surface area contributed by atoms with Crippen molar-refractivity contribution in [2.45, 2.75) is 58.3 Å². The molecular weight excluding hydrogens is 251 g/mol. The van der Waals surface area contributed by atoms with Gasteiger partial charge in [0, 0.05) is 5.92 Å². The van der Waals surface area contributed by atoms with Crippen LogP contribution >= 0.6 is 11.6 Å². The molecule has 1 aromatic heterocycles. The predicted octanol–water partition coefficient (Wildman–Crippen LogP) is 4.65. The molecule has 2 rings (SSSR count). The molecule has 1 aliphatic carbocycles. The van der Waals surface area contributed by atoms with E-state index in [4.69, 9.17) is 11.6 Å².